The van der Waals surface area contributed by atoms with Crippen LogP contribution in [0.1, 0.15) is 11.1 Å². The molecule has 0 bridgehead atoms. The fraction of sp³-hybridized carbons (Fsp3) is 0. The number of fused-ring (bicyclic) bond motifs is 10. The van der Waals surface area contributed by atoms with Gasteiger partial charge < -0.3 is 9.80 Å². The molecular formula is C59H35N7. The van der Waals surface area contributed by atoms with Crippen molar-refractivity contribution in [1.29, 1.82) is 10.5 Å². The zero-order valence-corrected chi connectivity index (χ0v) is 35.3. The maximum absolute atomic E-state index is 11.6. The number of rotatable bonds is 5. The van der Waals surface area contributed by atoms with Gasteiger partial charge in [-0.1, -0.05) is 182 Å². The lowest BCUT2D eigenvalue weighted by Crippen LogP contribution is -2.19. The fourth-order valence-corrected chi connectivity index (χ4v) is 9.66. The molecule has 66 heavy (non-hydrogen) atoms. The third kappa shape index (κ3) is 6.07. The number of para-hydroxylation sites is 4. The SMILES string of the molecule is N#Cc1cc(C#N)c(N2c3ccccc3-c3ccccc3-c3ccccc32)c(-c2nc(-c3ccccc3)nc(-c3ccccc3)n2)c1N1c2ccccc2-c2ccccc2-c2ccccc21. The Morgan fingerprint density at radius 2 is 0.576 bits per heavy atom. The van der Waals surface area contributed by atoms with E-state index in [1.165, 1.54) is 0 Å². The van der Waals surface area contributed by atoms with E-state index in [9.17, 15) is 10.5 Å². The molecule has 10 aromatic rings. The van der Waals surface area contributed by atoms with Gasteiger partial charge in [-0.15, -0.1) is 0 Å². The van der Waals surface area contributed by atoms with E-state index >= 15 is 0 Å². The Bertz CT molecular complexity index is 3280. The molecule has 0 unspecified atom stereocenters. The second kappa shape index (κ2) is 15.7. The standard InChI is InChI=1S/C59H35N7/c60-36-40-35-41(37-61)56(66-52-33-17-13-29-48(52)44-25-9-10-26-45(44)49-30-14-18-34-53(49)66)54(59-63-57(38-19-3-1-4-20-38)62-58(64-59)39-21-5-2-6-22-39)55(40)65-50-31-15-11-27-46(50)42-23-7-8-24-43(42)47-28-12-16-32-51(47)65/h1-35H. The van der Waals surface area contributed by atoms with Gasteiger partial charge in [0, 0.05) is 33.4 Å². The van der Waals surface area contributed by atoms with Crippen molar-refractivity contribution in [3.63, 3.8) is 0 Å². The number of hydrogen-bond acceptors (Lipinski definition) is 7. The molecule has 0 saturated heterocycles. The molecule has 1 aromatic heterocycles. The van der Waals surface area contributed by atoms with Crippen LogP contribution in [0.3, 0.4) is 0 Å². The van der Waals surface area contributed by atoms with Crippen LogP contribution < -0.4 is 9.80 Å². The Kier molecular flexibility index (Phi) is 9.12. The summed E-state index contributed by atoms with van der Waals surface area (Å²) < 4.78 is 0. The van der Waals surface area contributed by atoms with Crippen molar-refractivity contribution in [2.75, 3.05) is 9.80 Å². The molecule has 0 amide bonds. The molecule has 306 valence electrons. The van der Waals surface area contributed by atoms with Gasteiger partial charge in [0.25, 0.3) is 0 Å². The van der Waals surface area contributed by atoms with Gasteiger partial charge in [-0.2, -0.15) is 10.5 Å². The van der Waals surface area contributed by atoms with Crippen LogP contribution in [0.15, 0.2) is 212 Å². The highest BCUT2D eigenvalue weighted by atomic mass is 15.2. The lowest BCUT2D eigenvalue weighted by Gasteiger charge is -2.34. The molecule has 12 rings (SSSR count). The van der Waals surface area contributed by atoms with Crippen molar-refractivity contribution in [3.8, 4) is 90.8 Å². The van der Waals surface area contributed by atoms with Gasteiger partial charge in [0.05, 0.1) is 50.8 Å². The van der Waals surface area contributed by atoms with E-state index in [-0.39, 0.29) is 11.1 Å². The van der Waals surface area contributed by atoms with E-state index in [1.807, 2.05) is 109 Å². The molecular weight excluding hydrogens is 807 g/mol. The number of aromatic nitrogens is 3. The van der Waals surface area contributed by atoms with Gasteiger partial charge >= 0.3 is 0 Å². The summed E-state index contributed by atoms with van der Waals surface area (Å²) in [6.45, 7) is 0. The predicted octanol–water partition coefficient (Wildman–Crippen LogP) is 14.9. The summed E-state index contributed by atoms with van der Waals surface area (Å²) in [5.74, 6) is 1.20. The molecule has 0 saturated carbocycles. The van der Waals surface area contributed by atoms with Crippen LogP contribution in [-0.4, -0.2) is 15.0 Å². The molecule has 7 nitrogen and oxygen atoms in total. The van der Waals surface area contributed by atoms with Crippen molar-refractivity contribution in [3.05, 3.63) is 223 Å². The van der Waals surface area contributed by atoms with Gasteiger partial charge in [-0.3, -0.25) is 0 Å². The molecule has 0 spiro atoms. The van der Waals surface area contributed by atoms with Gasteiger partial charge in [0.1, 0.15) is 12.1 Å². The van der Waals surface area contributed by atoms with Crippen LogP contribution in [0, 0.1) is 22.7 Å². The Morgan fingerprint density at radius 3 is 0.894 bits per heavy atom. The minimum absolute atomic E-state index is 0.281. The van der Waals surface area contributed by atoms with Gasteiger partial charge in [0.15, 0.2) is 17.5 Å². The zero-order chi connectivity index (χ0) is 44.1. The van der Waals surface area contributed by atoms with Gasteiger partial charge in [0.2, 0.25) is 0 Å². The molecule has 0 radical (unpaired) electrons. The van der Waals surface area contributed by atoms with E-state index in [4.69, 9.17) is 15.0 Å². The maximum Gasteiger partial charge on any atom is 0.168 e. The molecule has 0 fully saturated rings. The van der Waals surface area contributed by atoms with Crippen LogP contribution in [0.2, 0.25) is 0 Å². The molecule has 0 atom stereocenters. The van der Waals surface area contributed by atoms with E-state index in [1.54, 1.807) is 6.07 Å². The first kappa shape index (κ1) is 38.3. The first-order valence-corrected chi connectivity index (χ1v) is 21.7. The summed E-state index contributed by atoms with van der Waals surface area (Å²) in [7, 11) is 0. The smallest absolute Gasteiger partial charge is 0.168 e. The topological polar surface area (TPSA) is 92.7 Å². The Balaban J connectivity index is 1.30. The van der Waals surface area contributed by atoms with E-state index < -0.39 is 0 Å². The number of benzene rings is 9. The monoisotopic (exact) mass is 841 g/mol. The van der Waals surface area contributed by atoms with Crippen LogP contribution in [0.5, 0.6) is 0 Å². The number of hydrogen-bond donors (Lipinski definition) is 0. The Hall–Kier alpha value is -9.43. The molecule has 3 heterocycles. The normalized spacial score (nSPS) is 11.8. The summed E-state index contributed by atoms with van der Waals surface area (Å²) in [6.07, 6.45) is 0. The average molecular weight is 842 g/mol. The van der Waals surface area contributed by atoms with Crippen molar-refractivity contribution in [2.24, 2.45) is 0 Å². The fourth-order valence-electron chi connectivity index (χ4n) is 9.66. The summed E-state index contributed by atoms with van der Waals surface area (Å²) >= 11 is 0. The van der Waals surface area contributed by atoms with Crippen LogP contribution in [0.4, 0.5) is 34.1 Å². The molecule has 0 N–H and O–H groups in total. The van der Waals surface area contributed by atoms with E-state index in [0.717, 1.165) is 78.4 Å². The largest absolute Gasteiger partial charge is 0.307 e. The summed E-state index contributed by atoms with van der Waals surface area (Å²) in [6, 6.07) is 76.7. The average Bonchev–Trinajstić information content (AvgIpc) is 3.60. The summed E-state index contributed by atoms with van der Waals surface area (Å²) in [4.78, 5) is 20.3. The first-order valence-electron chi connectivity index (χ1n) is 21.7. The second-order valence-corrected chi connectivity index (χ2v) is 16.1. The highest BCUT2D eigenvalue weighted by Crippen LogP contribution is 2.58. The highest BCUT2D eigenvalue weighted by molar-refractivity contribution is 6.11. The third-order valence-corrected chi connectivity index (χ3v) is 12.5. The van der Waals surface area contributed by atoms with Gasteiger partial charge in [-0.05, 0) is 52.6 Å². The van der Waals surface area contributed by atoms with Crippen LogP contribution >= 0.6 is 0 Å². The molecule has 7 heteroatoms. The quantitative estimate of drug-likeness (QED) is 0.170. The number of nitrogens with zero attached hydrogens (tertiary/aromatic N) is 7. The summed E-state index contributed by atoms with van der Waals surface area (Å²) in [5.41, 5.74) is 15.3. The first-order chi connectivity index (χ1) is 32.7. The molecule has 0 aliphatic carbocycles. The highest BCUT2D eigenvalue weighted by Gasteiger charge is 2.37. The Labute approximate surface area is 382 Å². The third-order valence-electron chi connectivity index (χ3n) is 12.5. The van der Waals surface area contributed by atoms with Crippen LogP contribution in [0.25, 0.3) is 78.7 Å². The van der Waals surface area contributed by atoms with Crippen LogP contribution in [-0.2, 0) is 0 Å². The molecule has 2 aliphatic heterocycles. The maximum atomic E-state index is 11.6. The zero-order valence-electron chi connectivity index (χ0n) is 35.3. The van der Waals surface area contributed by atoms with Crippen molar-refractivity contribution in [1.82, 2.24) is 15.0 Å². The molecule has 2 aliphatic rings. The number of nitriles is 2. The predicted molar refractivity (Wildman–Crippen MR) is 264 cm³/mol. The van der Waals surface area contributed by atoms with Gasteiger partial charge in [-0.25, -0.2) is 15.0 Å². The van der Waals surface area contributed by atoms with E-state index in [0.29, 0.717) is 34.4 Å². The van der Waals surface area contributed by atoms with Crippen molar-refractivity contribution in [2.45, 2.75) is 0 Å². The van der Waals surface area contributed by atoms with Crippen molar-refractivity contribution < 1.29 is 0 Å². The van der Waals surface area contributed by atoms with Crippen molar-refractivity contribution >= 4 is 34.1 Å². The minimum atomic E-state index is 0.281. The summed E-state index contributed by atoms with van der Waals surface area (Å²) in [5, 5.41) is 23.1. The number of anilines is 6. The molecule has 9 aromatic carbocycles. The second-order valence-electron chi connectivity index (χ2n) is 16.1. The minimum Gasteiger partial charge on any atom is -0.307 e. The lowest BCUT2D eigenvalue weighted by atomic mass is 9.94. The lowest BCUT2D eigenvalue weighted by molar-refractivity contribution is 1.07. The van der Waals surface area contributed by atoms with E-state index in [2.05, 4.69) is 119 Å². The Morgan fingerprint density at radius 1 is 0.303 bits per heavy atom.